The quantitative estimate of drug-likeness (QED) is 0.847. The number of aromatic nitrogens is 2. The molecule has 132 valence electrons. The van der Waals surface area contributed by atoms with Crippen LogP contribution in [0.1, 0.15) is 62.1 Å². The minimum absolute atomic E-state index is 0.0814. The number of carbonyl (C=O) groups excluding carboxylic acids is 1. The SMILES string of the molecule is O=C(CN1CCC[C@H](c2noc(C3CC3)n2)C1)NC[C@H]1CCCO1. The van der Waals surface area contributed by atoms with Crippen LogP contribution in [0.25, 0.3) is 0 Å². The van der Waals surface area contributed by atoms with Gasteiger partial charge < -0.3 is 14.6 Å². The van der Waals surface area contributed by atoms with Crippen molar-refractivity contribution in [2.24, 2.45) is 0 Å². The van der Waals surface area contributed by atoms with Crippen molar-refractivity contribution >= 4 is 5.91 Å². The second kappa shape index (κ2) is 7.19. The average Bonchev–Trinajstić information content (AvgIpc) is 3.12. The van der Waals surface area contributed by atoms with E-state index < -0.39 is 0 Å². The number of hydrogen-bond donors (Lipinski definition) is 1. The van der Waals surface area contributed by atoms with Crippen LogP contribution in [0.15, 0.2) is 4.52 Å². The van der Waals surface area contributed by atoms with Gasteiger partial charge in [0, 0.05) is 31.5 Å². The van der Waals surface area contributed by atoms with Gasteiger partial charge in [-0.3, -0.25) is 9.69 Å². The largest absolute Gasteiger partial charge is 0.376 e. The zero-order chi connectivity index (χ0) is 16.4. The molecule has 1 aromatic rings. The first-order valence-corrected chi connectivity index (χ1v) is 9.22. The first-order valence-electron chi connectivity index (χ1n) is 9.22. The first-order chi connectivity index (χ1) is 11.8. The van der Waals surface area contributed by atoms with Crippen LogP contribution in [0.3, 0.4) is 0 Å². The minimum Gasteiger partial charge on any atom is -0.376 e. The van der Waals surface area contributed by atoms with E-state index in [1.165, 1.54) is 12.8 Å². The van der Waals surface area contributed by atoms with Gasteiger partial charge in [0.05, 0.1) is 12.6 Å². The summed E-state index contributed by atoms with van der Waals surface area (Å²) in [6.07, 6.45) is 6.82. The number of nitrogens with one attached hydrogen (secondary N) is 1. The third-order valence-corrected chi connectivity index (χ3v) is 5.17. The number of amides is 1. The molecule has 7 nitrogen and oxygen atoms in total. The van der Waals surface area contributed by atoms with Crippen LogP contribution in [0.4, 0.5) is 0 Å². The van der Waals surface area contributed by atoms with Gasteiger partial charge in [-0.05, 0) is 45.1 Å². The molecule has 1 aromatic heterocycles. The molecule has 2 atom stereocenters. The summed E-state index contributed by atoms with van der Waals surface area (Å²) in [6, 6.07) is 0. The van der Waals surface area contributed by atoms with Crippen molar-refractivity contribution in [1.82, 2.24) is 20.4 Å². The maximum absolute atomic E-state index is 12.2. The Kier molecular flexibility index (Phi) is 4.80. The third kappa shape index (κ3) is 3.95. The van der Waals surface area contributed by atoms with Crippen LogP contribution in [-0.4, -0.2) is 59.8 Å². The lowest BCUT2D eigenvalue weighted by molar-refractivity contribution is -0.123. The summed E-state index contributed by atoms with van der Waals surface area (Å²) in [4.78, 5) is 18.9. The Balaban J connectivity index is 1.25. The maximum atomic E-state index is 12.2. The van der Waals surface area contributed by atoms with E-state index in [4.69, 9.17) is 9.26 Å². The number of nitrogens with zero attached hydrogens (tertiary/aromatic N) is 3. The molecule has 2 saturated heterocycles. The standard InChI is InChI=1S/C17H26N4O3/c22-15(18-9-14-4-2-8-23-14)11-21-7-1-3-13(10-21)16-19-17(24-20-16)12-5-6-12/h12-14H,1-11H2,(H,18,22)/t13-,14+/m0/s1. The van der Waals surface area contributed by atoms with Crippen molar-refractivity contribution in [3.8, 4) is 0 Å². The fourth-order valence-corrected chi connectivity index (χ4v) is 3.61. The smallest absolute Gasteiger partial charge is 0.234 e. The Labute approximate surface area is 142 Å². The summed E-state index contributed by atoms with van der Waals surface area (Å²) < 4.78 is 10.9. The minimum atomic E-state index is 0.0814. The molecule has 0 spiro atoms. The number of rotatable bonds is 6. The molecule has 1 amide bonds. The molecular formula is C17H26N4O3. The van der Waals surface area contributed by atoms with E-state index in [-0.39, 0.29) is 17.9 Å². The third-order valence-electron chi connectivity index (χ3n) is 5.17. The fraction of sp³-hybridized carbons (Fsp3) is 0.824. The number of carbonyl (C=O) groups is 1. The van der Waals surface area contributed by atoms with E-state index in [0.29, 0.717) is 19.0 Å². The highest BCUT2D eigenvalue weighted by Crippen LogP contribution is 2.39. The molecular weight excluding hydrogens is 308 g/mol. The van der Waals surface area contributed by atoms with Gasteiger partial charge in [0.25, 0.3) is 0 Å². The first kappa shape index (κ1) is 16.0. The number of piperidine rings is 1. The van der Waals surface area contributed by atoms with Crippen LogP contribution in [0.5, 0.6) is 0 Å². The van der Waals surface area contributed by atoms with Crippen LogP contribution in [-0.2, 0) is 9.53 Å². The van der Waals surface area contributed by atoms with Crippen molar-refractivity contribution in [3.05, 3.63) is 11.7 Å². The molecule has 4 rings (SSSR count). The molecule has 1 aliphatic carbocycles. The van der Waals surface area contributed by atoms with E-state index in [1.54, 1.807) is 0 Å². The zero-order valence-electron chi connectivity index (χ0n) is 14.1. The monoisotopic (exact) mass is 334 g/mol. The normalized spacial score (nSPS) is 28.2. The summed E-state index contributed by atoms with van der Waals surface area (Å²) in [5, 5.41) is 7.17. The molecule has 3 fully saturated rings. The molecule has 7 heteroatoms. The summed E-state index contributed by atoms with van der Waals surface area (Å²) in [6.45, 7) is 3.68. The second-order valence-corrected chi connectivity index (χ2v) is 7.28. The Morgan fingerprint density at radius 1 is 1.21 bits per heavy atom. The van der Waals surface area contributed by atoms with Gasteiger partial charge in [-0.25, -0.2) is 0 Å². The van der Waals surface area contributed by atoms with E-state index >= 15 is 0 Å². The van der Waals surface area contributed by atoms with Gasteiger partial charge in [-0.1, -0.05) is 5.16 Å². The predicted molar refractivity (Wildman–Crippen MR) is 86.7 cm³/mol. The Morgan fingerprint density at radius 3 is 2.92 bits per heavy atom. The molecule has 1 N–H and O–H groups in total. The average molecular weight is 334 g/mol. The summed E-state index contributed by atoms with van der Waals surface area (Å²) in [7, 11) is 0. The molecule has 0 aromatic carbocycles. The maximum Gasteiger partial charge on any atom is 0.234 e. The summed E-state index contributed by atoms with van der Waals surface area (Å²) in [5.74, 6) is 2.48. The van der Waals surface area contributed by atoms with Crippen LogP contribution in [0, 0.1) is 0 Å². The molecule has 2 aliphatic heterocycles. The van der Waals surface area contributed by atoms with Gasteiger partial charge >= 0.3 is 0 Å². The molecule has 0 unspecified atom stereocenters. The van der Waals surface area contributed by atoms with Crippen molar-refractivity contribution in [2.45, 2.75) is 56.5 Å². The fourth-order valence-electron chi connectivity index (χ4n) is 3.61. The van der Waals surface area contributed by atoms with Gasteiger partial charge in [0.15, 0.2) is 5.82 Å². The lowest BCUT2D eigenvalue weighted by Gasteiger charge is -2.30. The van der Waals surface area contributed by atoms with Gasteiger partial charge in [-0.2, -0.15) is 4.98 Å². The number of likely N-dealkylation sites (tertiary alicyclic amines) is 1. The lowest BCUT2D eigenvalue weighted by atomic mass is 9.97. The van der Waals surface area contributed by atoms with Gasteiger partial charge in [0.1, 0.15) is 0 Å². The molecule has 0 radical (unpaired) electrons. The lowest BCUT2D eigenvalue weighted by Crippen LogP contribution is -2.43. The molecule has 1 saturated carbocycles. The van der Waals surface area contributed by atoms with Crippen LogP contribution < -0.4 is 5.32 Å². The Morgan fingerprint density at radius 2 is 2.12 bits per heavy atom. The molecule has 3 heterocycles. The highest BCUT2D eigenvalue weighted by atomic mass is 16.5. The number of hydrogen-bond acceptors (Lipinski definition) is 6. The van der Waals surface area contributed by atoms with Crippen molar-refractivity contribution in [3.63, 3.8) is 0 Å². The molecule has 24 heavy (non-hydrogen) atoms. The van der Waals surface area contributed by atoms with Crippen molar-refractivity contribution < 1.29 is 14.1 Å². The number of ether oxygens (including phenoxy) is 1. The molecule has 0 bridgehead atoms. The second-order valence-electron chi connectivity index (χ2n) is 7.28. The molecule has 3 aliphatic rings. The Bertz CT molecular complexity index is 566. The predicted octanol–water partition coefficient (Wildman–Crippen LogP) is 1.42. The van der Waals surface area contributed by atoms with Crippen molar-refractivity contribution in [2.75, 3.05) is 32.8 Å². The van der Waals surface area contributed by atoms with Crippen LogP contribution in [0.2, 0.25) is 0 Å². The van der Waals surface area contributed by atoms with Gasteiger partial charge in [-0.15, -0.1) is 0 Å². The highest BCUT2D eigenvalue weighted by molar-refractivity contribution is 5.78. The van der Waals surface area contributed by atoms with Crippen molar-refractivity contribution in [1.29, 1.82) is 0 Å². The van der Waals surface area contributed by atoms with Crippen LogP contribution >= 0.6 is 0 Å². The van der Waals surface area contributed by atoms with E-state index in [1.807, 2.05) is 0 Å². The topological polar surface area (TPSA) is 80.5 Å². The zero-order valence-corrected chi connectivity index (χ0v) is 14.1. The highest BCUT2D eigenvalue weighted by Gasteiger charge is 2.32. The summed E-state index contributed by atoms with van der Waals surface area (Å²) in [5.41, 5.74) is 0. The Hall–Kier alpha value is -1.47. The summed E-state index contributed by atoms with van der Waals surface area (Å²) >= 11 is 0. The van der Waals surface area contributed by atoms with E-state index in [2.05, 4.69) is 20.4 Å². The van der Waals surface area contributed by atoms with Gasteiger partial charge in [0.2, 0.25) is 11.8 Å². The van der Waals surface area contributed by atoms with E-state index in [9.17, 15) is 4.79 Å². The van der Waals surface area contributed by atoms with E-state index in [0.717, 1.165) is 57.1 Å².